The Morgan fingerprint density at radius 1 is 1.17 bits per heavy atom. The Morgan fingerprint density at radius 2 is 1.67 bits per heavy atom. The maximum absolute atomic E-state index is 12.2. The summed E-state index contributed by atoms with van der Waals surface area (Å²) < 4.78 is 60.1. The second-order valence-corrected chi connectivity index (χ2v) is 10.6. The van der Waals surface area contributed by atoms with E-state index in [0.29, 0.717) is 6.29 Å². The van der Waals surface area contributed by atoms with Crippen molar-refractivity contribution in [3.63, 3.8) is 0 Å². The zero-order valence-electron chi connectivity index (χ0n) is 14.0. The van der Waals surface area contributed by atoms with Gasteiger partial charge in [0.15, 0.2) is 6.10 Å². The second kappa shape index (κ2) is 8.61. The van der Waals surface area contributed by atoms with E-state index >= 15 is 0 Å². The summed E-state index contributed by atoms with van der Waals surface area (Å²) in [5, 5.41) is -1.30. The van der Waals surface area contributed by atoms with Gasteiger partial charge in [-0.1, -0.05) is 0 Å². The van der Waals surface area contributed by atoms with Gasteiger partial charge in [-0.25, -0.2) is 4.79 Å². The molecule has 0 aliphatic carbocycles. The number of aldehydes is 1. The summed E-state index contributed by atoms with van der Waals surface area (Å²) in [6, 6.07) is 0. The molecule has 0 saturated carbocycles. The van der Waals surface area contributed by atoms with Crippen LogP contribution in [0.2, 0.25) is 0 Å². The van der Waals surface area contributed by atoms with Crippen LogP contribution in [0, 0.1) is 0 Å². The van der Waals surface area contributed by atoms with E-state index in [-0.39, 0.29) is 0 Å². The monoisotopic (exact) mass is 406 g/mol. The van der Waals surface area contributed by atoms with Gasteiger partial charge in [0.2, 0.25) is 0 Å². The topological polar surface area (TPSA) is 130 Å². The van der Waals surface area contributed by atoms with Gasteiger partial charge in [-0.2, -0.15) is 29.5 Å². The largest absolute Gasteiger partial charge is 0.467 e. The Morgan fingerprint density at radius 3 is 2.08 bits per heavy atom. The fourth-order valence-electron chi connectivity index (χ4n) is 1.57. The highest BCUT2D eigenvalue weighted by atomic mass is 32.3. The summed E-state index contributed by atoms with van der Waals surface area (Å²) in [7, 11) is -7.57. The van der Waals surface area contributed by atoms with Crippen molar-refractivity contribution in [2.45, 2.75) is 55.7 Å². The lowest BCUT2D eigenvalue weighted by atomic mass is 10.2. The van der Waals surface area contributed by atoms with Crippen molar-refractivity contribution in [2.24, 2.45) is 0 Å². The first-order chi connectivity index (χ1) is 10.7. The minimum atomic E-state index is -4.43. The number of ether oxygens (including phenoxy) is 1. The molecule has 0 heterocycles. The molecule has 0 N–H and O–H groups in total. The van der Waals surface area contributed by atoms with Gasteiger partial charge in [-0.15, -0.1) is 0 Å². The molecule has 142 valence electrons. The number of thiol groups is 1. The first-order valence-corrected chi connectivity index (χ1v) is 10.1. The molecule has 0 aromatic carbocycles. The molecule has 4 unspecified atom stereocenters. The Bertz CT molecular complexity index is 651. The minimum Gasteiger partial charge on any atom is -0.467 e. The Hall–Kier alpha value is -0.690. The van der Waals surface area contributed by atoms with E-state index in [2.05, 4.69) is 21.5 Å². The molecule has 0 rings (SSSR count). The van der Waals surface area contributed by atoms with Crippen LogP contribution in [0.4, 0.5) is 0 Å². The van der Waals surface area contributed by atoms with Crippen LogP contribution in [-0.2, 0) is 42.9 Å². The molecule has 0 amide bonds. The quantitative estimate of drug-likeness (QED) is 0.235. The van der Waals surface area contributed by atoms with Gasteiger partial charge in [0.1, 0.15) is 16.5 Å². The highest BCUT2D eigenvalue weighted by Gasteiger charge is 2.43. The Kier molecular flexibility index (Phi) is 8.36. The lowest BCUT2D eigenvalue weighted by molar-refractivity contribution is -0.147. The maximum atomic E-state index is 12.2. The van der Waals surface area contributed by atoms with Crippen LogP contribution in [0.3, 0.4) is 0 Å². The standard InChI is InChI=1S/C12H22O9S3/c1-8(7-13)20-23(15,16)9(2)6-12(4,22)24(17,18)21-10(3)11(14)19-5/h7-10,22H,6H2,1-5H3. The predicted octanol–water partition coefficient (Wildman–Crippen LogP) is 0.253. The SMILES string of the molecule is COC(=O)C(C)OS(=O)(=O)C(C)(S)CC(C)S(=O)(=O)OC(C)C=O. The van der Waals surface area contributed by atoms with E-state index in [4.69, 9.17) is 4.18 Å². The number of esters is 1. The summed E-state index contributed by atoms with van der Waals surface area (Å²) in [5.41, 5.74) is 0. The highest BCUT2D eigenvalue weighted by molar-refractivity contribution is 8.03. The highest BCUT2D eigenvalue weighted by Crippen LogP contribution is 2.32. The van der Waals surface area contributed by atoms with Crippen molar-refractivity contribution in [1.29, 1.82) is 0 Å². The first-order valence-electron chi connectivity index (χ1n) is 6.80. The van der Waals surface area contributed by atoms with Crippen LogP contribution in [0.15, 0.2) is 0 Å². The van der Waals surface area contributed by atoms with Crippen molar-refractivity contribution in [3.05, 3.63) is 0 Å². The van der Waals surface area contributed by atoms with E-state index in [9.17, 15) is 26.4 Å². The Labute approximate surface area is 147 Å². The third-order valence-electron chi connectivity index (χ3n) is 2.98. The van der Waals surface area contributed by atoms with Crippen molar-refractivity contribution >= 4 is 45.1 Å². The molecule has 0 bridgehead atoms. The molecule has 24 heavy (non-hydrogen) atoms. The van der Waals surface area contributed by atoms with E-state index in [0.717, 1.165) is 14.0 Å². The molecule has 0 spiro atoms. The molecule has 0 radical (unpaired) electrons. The number of carbonyl (C=O) groups is 2. The minimum absolute atomic E-state index is 0.294. The van der Waals surface area contributed by atoms with Gasteiger partial charge in [0.05, 0.1) is 12.4 Å². The van der Waals surface area contributed by atoms with Gasteiger partial charge >= 0.3 is 5.97 Å². The van der Waals surface area contributed by atoms with Crippen LogP contribution in [0.5, 0.6) is 0 Å². The molecule has 0 saturated heterocycles. The third kappa shape index (κ3) is 6.31. The summed E-state index contributed by atoms with van der Waals surface area (Å²) in [5.74, 6) is -0.911. The van der Waals surface area contributed by atoms with Gasteiger partial charge in [-0.05, 0) is 34.1 Å². The molecule has 12 heteroatoms. The summed E-state index contributed by atoms with van der Waals surface area (Å²) in [6.07, 6.45) is -2.82. The van der Waals surface area contributed by atoms with Crippen molar-refractivity contribution < 1.29 is 39.5 Å². The number of carbonyl (C=O) groups excluding carboxylic acids is 2. The number of rotatable bonds is 10. The second-order valence-electron chi connectivity index (χ2n) is 5.34. The summed E-state index contributed by atoms with van der Waals surface area (Å²) >= 11 is 3.97. The average molecular weight is 407 g/mol. The van der Waals surface area contributed by atoms with Crippen molar-refractivity contribution in [1.82, 2.24) is 0 Å². The van der Waals surface area contributed by atoms with Crippen LogP contribution in [-0.4, -0.2) is 57.7 Å². The van der Waals surface area contributed by atoms with Crippen LogP contribution >= 0.6 is 12.6 Å². The van der Waals surface area contributed by atoms with Gasteiger partial charge in [-0.3, -0.25) is 8.37 Å². The molecule has 9 nitrogen and oxygen atoms in total. The molecular formula is C12H22O9S3. The van der Waals surface area contributed by atoms with Gasteiger partial charge < -0.3 is 9.53 Å². The van der Waals surface area contributed by atoms with Crippen LogP contribution < -0.4 is 0 Å². The lowest BCUT2D eigenvalue weighted by Crippen LogP contribution is -2.40. The zero-order chi connectivity index (χ0) is 19.3. The maximum Gasteiger partial charge on any atom is 0.336 e. The van der Waals surface area contributed by atoms with Crippen molar-refractivity contribution in [3.8, 4) is 0 Å². The molecule has 0 aromatic heterocycles. The zero-order valence-corrected chi connectivity index (χ0v) is 16.5. The van der Waals surface area contributed by atoms with Crippen LogP contribution in [0.1, 0.15) is 34.1 Å². The van der Waals surface area contributed by atoms with E-state index in [1.165, 1.54) is 20.8 Å². The fourth-order valence-corrected chi connectivity index (χ4v) is 4.51. The number of methoxy groups -OCH3 is 1. The van der Waals surface area contributed by atoms with Gasteiger partial charge in [0.25, 0.3) is 20.2 Å². The smallest absolute Gasteiger partial charge is 0.336 e. The van der Waals surface area contributed by atoms with Crippen LogP contribution in [0.25, 0.3) is 0 Å². The Balaban J connectivity index is 5.24. The molecule has 4 atom stereocenters. The normalized spacial score (nSPS) is 18.9. The molecule has 0 fully saturated rings. The fraction of sp³-hybridized carbons (Fsp3) is 0.833. The molecule has 0 aliphatic heterocycles. The van der Waals surface area contributed by atoms with Crippen molar-refractivity contribution in [2.75, 3.05) is 7.11 Å². The van der Waals surface area contributed by atoms with E-state index in [1.54, 1.807) is 0 Å². The van der Waals surface area contributed by atoms with Gasteiger partial charge in [0, 0.05) is 0 Å². The van der Waals surface area contributed by atoms with E-state index < -0.39 is 54.2 Å². The molecule has 0 aliphatic rings. The average Bonchev–Trinajstić information content (AvgIpc) is 2.44. The first kappa shape index (κ1) is 23.3. The lowest BCUT2D eigenvalue weighted by Gasteiger charge is -2.27. The number of hydrogen-bond acceptors (Lipinski definition) is 10. The third-order valence-corrected chi connectivity index (χ3v) is 7.34. The van der Waals surface area contributed by atoms with E-state index in [1.807, 2.05) is 0 Å². The summed E-state index contributed by atoms with van der Waals surface area (Å²) in [6.45, 7) is 4.74. The predicted molar refractivity (Wildman–Crippen MR) is 88.5 cm³/mol. The molecule has 0 aromatic rings. The molecular weight excluding hydrogens is 384 g/mol. The summed E-state index contributed by atoms with van der Waals surface area (Å²) in [4.78, 5) is 21.8. The number of hydrogen-bond donors (Lipinski definition) is 1.